The van der Waals surface area contributed by atoms with Gasteiger partial charge < -0.3 is 9.73 Å². The molecule has 0 atom stereocenters. The fourth-order valence-corrected chi connectivity index (χ4v) is 1.44. The fraction of sp³-hybridized carbons (Fsp3) is 0.222. The Morgan fingerprint density at radius 2 is 2.19 bits per heavy atom. The molecule has 5 nitrogen and oxygen atoms in total. The zero-order chi connectivity index (χ0) is 11.5. The molecule has 2 rings (SSSR count). The molecule has 2 heterocycles. The number of aryl methyl sites for hydroxylation is 1. The number of hydrogen-bond acceptors (Lipinski definition) is 5. The third kappa shape index (κ3) is 2.62. The third-order valence-corrected chi connectivity index (χ3v) is 2.28. The van der Waals surface area contributed by atoms with Crippen molar-refractivity contribution in [3.63, 3.8) is 0 Å². The number of aromatic nitrogens is 3. The predicted molar refractivity (Wildman–Crippen MR) is 60.6 cm³/mol. The molecule has 0 aliphatic carbocycles. The van der Waals surface area contributed by atoms with E-state index in [0.29, 0.717) is 18.1 Å². The maximum absolute atomic E-state index is 5.82. The Bertz CT molecular complexity index is 500. The lowest BCUT2D eigenvalue weighted by molar-refractivity contribution is 0.479. The summed E-state index contributed by atoms with van der Waals surface area (Å²) in [5.41, 5.74) is 0.595. The fourth-order valence-electron chi connectivity index (χ4n) is 1.13. The van der Waals surface area contributed by atoms with Crippen LogP contribution < -0.4 is 5.32 Å². The number of nitrogens with zero attached hydrogens (tertiary/aromatic N) is 3. The van der Waals surface area contributed by atoms with E-state index in [0.717, 1.165) is 5.76 Å². The molecule has 7 heteroatoms. The van der Waals surface area contributed by atoms with E-state index in [1.54, 1.807) is 12.3 Å². The number of oxazole rings is 1. The summed E-state index contributed by atoms with van der Waals surface area (Å²) in [6.07, 6.45) is 1.65. The summed E-state index contributed by atoms with van der Waals surface area (Å²) in [5.74, 6) is 1.33. The molecule has 0 fully saturated rings. The normalized spacial score (nSPS) is 10.4. The molecule has 0 saturated heterocycles. The summed E-state index contributed by atoms with van der Waals surface area (Å²) in [6, 6.07) is 1.59. The molecule has 0 aliphatic heterocycles. The highest BCUT2D eigenvalue weighted by Crippen LogP contribution is 2.21. The van der Waals surface area contributed by atoms with Gasteiger partial charge in [0.2, 0.25) is 5.89 Å². The van der Waals surface area contributed by atoms with Crippen molar-refractivity contribution in [3.05, 3.63) is 34.2 Å². The van der Waals surface area contributed by atoms with Crippen molar-refractivity contribution in [2.45, 2.75) is 13.5 Å². The van der Waals surface area contributed by atoms with Crippen LogP contribution in [0.15, 0.2) is 16.7 Å². The van der Waals surface area contributed by atoms with Crippen LogP contribution in [0.1, 0.15) is 11.7 Å². The maximum Gasteiger partial charge on any atom is 0.213 e. The van der Waals surface area contributed by atoms with Crippen LogP contribution in [0.5, 0.6) is 0 Å². The van der Waals surface area contributed by atoms with Gasteiger partial charge in [-0.15, -0.1) is 10.2 Å². The summed E-state index contributed by atoms with van der Waals surface area (Å²) in [7, 11) is 0. The lowest BCUT2D eigenvalue weighted by atomic mass is 10.4. The van der Waals surface area contributed by atoms with E-state index in [-0.39, 0.29) is 10.3 Å². The molecule has 0 bridgehead atoms. The van der Waals surface area contributed by atoms with Crippen molar-refractivity contribution < 1.29 is 4.42 Å². The second-order valence-electron chi connectivity index (χ2n) is 3.09. The van der Waals surface area contributed by atoms with Crippen molar-refractivity contribution in [2.75, 3.05) is 5.32 Å². The van der Waals surface area contributed by atoms with Gasteiger partial charge in [0, 0.05) is 6.07 Å². The first kappa shape index (κ1) is 11.2. The molecule has 84 valence electrons. The number of halogens is 2. The highest BCUT2D eigenvalue weighted by atomic mass is 35.5. The van der Waals surface area contributed by atoms with E-state index in [1.165, 1.54) is 0 Å². The highest BCUT2D eigenvalue weighted by molar-refractivity contribution is 6.33. The molecule has 0 saturated carbocycles. The summed E-state index contributed by atoms with van der Waals surface area (Å²) in [6.45, 7) is 2.24. The zero-order valence-electron chi connectivity index (χ0n) is 8.37. The van der Waals surface area contributed by atoms with Crippen LogP contribution in [0.25, 0.3) is 0 Å². The van der Waals surface area contributed by atoms with Crippen LogP contribution in [0, 0.1) is 6.92 Å². The first-order valence-corrected chi connectivity index (χ1v) is 5.24. The molecule has 2 aromatic rings. The van der Waals surface area contributed by atoms with Gasteiger partial charge in [-0.25, -0.2) is 4.98 Å². The van der Waals surface area contributed by atoms with Crippen molar-refractivity contribution in [2.24, 2.45) is 0 Å². The molecule has 2 aromatic heterocycles. The molecular formula is C9H8Cl2N4O. The SMILES string of the molecule is Cc1cnc(CNc2cc(Cl)nnc2Cl)o1. The molecule has 0 unspecified atom stereocenters. The number of rotatable bonds is 3. The second kappa shape index (κ2) is 4.67. The van der Waals surface area contributed by atoms with Gasteiger partial charge in [0.1, 0.15) is 5.76 Å². The average Bonchev–Trinajstić information content (AvgIpc) is 2.66. The third-order valence-electron chi connectivity index (χ3n) is 1.82. The van der Waals surface area contributed by atoms with Gasteiger partial charge in [0.15, 0.2) is 10.3 Å². The van der Waals surface area contributed by atoms with E-state index < -0.39 is 0 Å². The van der Waals surface area contributed by atoms with Crippen LogP contribution in [0.4, 0.5) is 5.69 Å². The van der Waals surface area contributed by atoms with Crippen LogP contribution in [-0.2, 0) is 6.54 Å². The van der Waals surface area contributed by atoms with Gasteiger partial charge in [-0.1, -0.05) is 23.2 Å². The molecule has 1 N–H and O–H groups in total. The maximum atomic E-state index is 5.82. The predicted octanol–water partition coefficient (Wildman–Crippen LogP) is 2.69. The Morgan fingerprint density at radius 1 is 1.38 bits per heavy atom. The first-order chi connectivity index (χ1) is 7.65. The molecule has 0 radical (unpaired) electrons. The monoisotopic (exact) mass is 258 g/mol. The summed E-state index contributed by atoms with van der Waals surface area (Å²) >= 11 is 11.5. The minimum absolute atomic E-state index is 0.257. The van der Waals surface area contributed by atoms with Gasteiger partial charge >= 0.3 is 0 Å². The Kier molecular flexibility index (Phi) is 3.26. The van der Waals surface area contributed by atoms with Gasteiger partial charge in [0.25, 0.3) is 0 Å². The van der Waals surface area contributed by atoms with Crippen molar-refractivity contribution in [3.8, 4) is 0 Å². The number of nitrogens with one attached hydrogen (secondary N) is 1. The Hall–Kier alpha value is -1.33. The molecular weight excluding hydrogens is 251 g/mol. The summed E-state index contributed by atoms with van der Waals surface area (Å²) < 4.78 is 5.29. The topological polar surface area (TPSA) is 63.8 Å². The highest BCUT2D eigenvalue weighted by Gasteiger charge is 2.05. The van der Waals surface area contributed by atoms with E-state index in [4.69, 9.17) is 27.6 Å². The molecule has 0 spiro atoms. The van der Waals surface area contributed by atoms with E-state index in [2.05, 4.69) is 20.5 Å². The quantitative estimate of drug-likeness (QED) is 0.917. The Morgan fingerprint density at radius 3 is 2.88 bits per heavy atom. The second-order valence-corrected chi connectivity index (χ2v) is 3.84. The van der Waals surface area contributed by atoms with E-state index in [1.807, 2.05) is 6.92 Å². The minimum Gasteiger partial charge on any atom is -0.444 e. The first-order valence-electron chi connectivity index (χ1n) is 4.49. The molecule has 0 aromatic carbocycles. The van der Waals surface area contributed by atoms with Crippen LogP contribution in [-0.4, -0.2) is 15.2 Å². The molecule has 16 heavy (non-hydrogen) atoms. The van der Waals surface area contributed by atoms with Crippen molar-refractivity contribution in [1.29, 1.82) is 0 Å². The summed E-state index contributed by atoms with van der Waals surface area (Å²) in [5, 5.41) is 10.8. The average molecular weight is 259 g/mol. The zero-order valence-corrected chi connectivity index (χ0v) is 9.88. The van der Waals surface area contributed by atoms with Crippen LogP contribution in [0.3, 0.4) is 0 Å². The smallest absolute Gasteiger partial charge is 0.213 e. The van der Waals surface area contributed by atoms with E-state index >= 15 is 0 Å². The lowest BCUT2D eigenvalue weighted by Crippen LogP contribution is -2.01. The Labute approximate surface area is 102 Å². The summed E-state index contributed by atoms with van der Waals surface area (Å²) in [4.78, 5) is 4.04. The minimum atomic E-state index is 0.257. The van der Waals surface area contributed by atoms with E-state index in [9.17, 15) is 0 Å². The van der Waals surface area contributed by atoms with Gasteiger partial charge in [-0.2, -0.15) is 0 Å². The van der Waals surface area contributed by atoms with Gasteiger partial charge in [0.05, 0.1) is 18.4 Å². The van der Waals surface area contributed by atoms with Gasteiger partial charge in [-0.3, -0.25) is 0 Å². The lowest BCUT2D eigenvalue weighted by Gasteiger charge is -2.04. The van der Waals surface area contributed by atoms with Crippen molar-refractivity contribution in [1.82, 2.24) is 15.2 Å². The molecule has 0 aliphatic rings. The largest absolute Gasteiger partial charge is 0.444 e. The Balaban J connectivity index is 2.07. The number of anilines is 1. The van der Waals surface area contributed by atoms with Crippen LogP contribution in [0.2, 0.25) is 10.3 Å². The van der Waals surface area contributed by atoms with Crippen molar-refractivity contribution >= 4 is 28.9 Å². The standard InChI is InChI=1S/C9H8Cl2N4O/c1-5-3-13-8(16-5)4-12-6-2-7(10)14-15-9(6)11/h2-3H,4H2,1H3,(H,12,14). The number of hydrogen-bond donors (Lipinski definition) is 1. The van der Waals surface area contributed by atoms with Crippen LogP contribution >= 0.6 is 23.2 Å². The molecule has 0 amide bonds. The van der Waals surface area contributed by atoms with Gasteiger partial charge in [-0.05, 0) is 6.92 Å².